The van der Waals surface area contributed by atoms with Gasteiger partial charge in [0.25, 0.3) is 5.69 Å². The highest BCUT2D eigenvalue weighted by Gasteiger charge is 2.30. The molecule has 7 heteroatoms. The molecule has 1 aromatic rings. The first-order valence-electron chi connectivity index (χ1n) is 6.94. The van der Waals surface area contributed by atoms with Crippen molar-refractivity contribution >= 4 is 17.3 Å². The first-order chi connectivity index (χ1) is 10.0. The molecular weight excluding hydrogens is 276 g/mol. The van der Waals surface area contributed by atoms with E-state index in [0.29, 0.717) is 18.7 Å². The van der Waals surface area contributed by atoms with E-state index in [1.807, 2.05) is 4.90 Å². The van der Waals surface area contributed by atoms with Crippen LogP contribution in [0.3, 0.4) is 0 Å². The van der Waals surface area contributed by atoms with Crippen molar-refractivity contribution in [2.45, 2.75) is 31.7 Å². The summed E-state index contributed by atoms with van der Waals surface area (Å²) in [5.74, 6) is -1.11. The Balaban J connectivity index is 2.41. The molecule has 0 atom stereocenters. The van der Waals surface area contributed by atoms with Crippen LogP contribution >= 0.6 is 0 Å². The fraction of sp³-hybridized carbons (Fsp3) is 0.500. The lowest BCUT2D eigenvalue weighted by Crippen LogP contribution is -2.41. The van der Waals surface area contributed by atoms with Crippen molar-refractivity contribution in [3.05, 3.63) is 33.9 Å². The lowest BCUT2D eigenvalue weighted by Gasteiger charge is -2.39. The number of rotatable bonds is 7. The fourth-order valence-electron chi connectivity index (χ4n) is 2.48. The van der Waals surface area contributed by atoms with E-state index >= 15 is 0 Å². The summed E-state index contributed by atoms with van der Waals surface area (Å²) in [6.45, 7) is 0.473. The maximum absolute atomic E-state index is 11.2. The third kappa shape index (κ3) is 3.30. The van der Waals surface area contributed by atoms with Gasteiger partial charge in [-0.1, -0.05) is 0 Å². The van der Waals surface area contributed by atoms with Crippen molar-refractivity contribution in [2.24, 2.45) is 0 Å². The molecular formula is C14H18N2O5. The van der Waals surface area contributed by atoms with Crippen LogP contribution < -0.4 is 4.90 Å². The smallest absolute Gasteiger partial charge is 0.335 e. The lowest BCUT2D eigenvalue weighted by atomic mass is 9.90. The number of anilines is 1. The van der Waals surface area contributed by atoms with Crippen LogP contribution in [0.4, 0.5) is 11.4 Å². The van der Waals surface area contributed by atoms with Gasteiger partial charge in [-0.25, -0.2) is 4.79 Å². The summed E-state index contributed by atoms with van der Waals surface area (Å²) in [4.78, 5) is 23.7. The molecule has 1 aliphatic carbocycles. The van der Waals surface area contributed by atoms with Gasteiger partial charge in [0.1, 0.15) is 5.69 Å². The average Bonchev–Trinajstić information content (AvgIpc) is 2.40. The lowest BCUT2D eigenvalue weighted by molar-refractivity contribution is -0.384. The van der Waals surface area contributed by atoms with Crippen LogP contribution in [0.15, 0.2) is 18.2 Å². The average molecular weight is 294 g/mol. The molecule has 0 amide bonds. The molecule has 0 saturated heterocycles. The van der Waals surface area contributed by atoms with Gasteiger partial charge in [0.2, 0.25) is 0 Å². The van der Waals surface area contributed by atoms with E-state index in [4.69, 9.17) is 10.2 Å². The van der Waals surface area contributed by atoms with E-state index in [9.17, 15) is 14.9 Å². The number of nitrogens with zero attached hydrogens (tertiary/aromatic N) is 2. The predicted molar refractivity (Wildman–Crippen MR) is 76.7 cm³/mol. The van der Waals surface area contributed by atoms with E-state index in [0.717, 1.165) is 19.3 Å². The van der Waals surface area contributed by atoms with Crippen LogP contribution in [-0.4, -0.2) is 40.3 Å². The second-order valence-corrected chi connectivity index (χ2v) is 5.12. The Morgan fingerprint density at radius 3 is 2.62 bits per heavy atom. The van der Waals surface area contributed by atoms with Crippen molar-refractivity contribution in [3.63, 3.8) is 0 Å². The van der Waals surface area contributed by atoms with Crippen molar-refractivity contribution < 1.29 is 19.9 Å². The van der Waals surface area contributed by atoms with Gasteiger partial charge < -0.3 is 15.1 Å². The number of aromatic carboxylic acids is 1. The molecule has 7 nitrogen and oxygen atoms in total. The van der Waals surface area contributed by atoms with Crippen LogP contribution in [0.2, 0.25) is 0 Å². The van der Waals surface area contributed by atoms with Crippen LogP contribution in [0.5, 0.6) is 0 Å². The Morgan fingerprint density at radius 2 is 2.14 bits per heavy atom. The van der Waals surface area contributed by atoms with Crippen LogP contribution in [0.1, 0.15) is 36.0 Å². The number of aliphatic hydroxyl groups excluding tert-OH is 1. The maximum atomic E-state index is 11.2. The molecule has 1 aliphatic rings. The largest absolute Gasteiger partial charge is 0.478 e. The summed E-state index contributed by atoms with van der Waals surface area (Å²) in [6.07, 6.45) is 3.41. The van der Waals surface area contributed by atoms with Gasteiger partial charge in [-0.05, 0) is 37.8 Å². The second kappa shape index (κ2) is 6.53. The van der Waals surface area contributed by atoms with Crippen LogP contribution in [0.25, 0.3) is 0 Å². The van der Waals surface area contributed by atoms with Crippen molar-refractivity contribution in [3.8, 4) is 0 Å². The third-order valence-corrected chi connectivity index (χ3v) is 3.80. The number of benzene rings is 1. The van der Waals surface area contributed by atoms with E-state index in [-0.39, 0.29) is 23.9 Å². The molecule has 0 heterocycles. The Labute approximate surface area is 122 Å². The number of carboxylic acid groups (broad SMARTS) is 1. The highest BCUT2D eigenvalue weighted by molar-refractivity contribution is 5.90. The normalized spacial score (nSPS) is 14.5. The van der Waals surface area contributed by atoms with Gasteiger partial charge in [0.15, 0.2) is 0 Å². The van der Waals surface area contributed by atoms with E-state index < -0.39 is 10.9 Å². The van der Waals surface area contributed by atoms with Crippen molar-refractivity contribution in [1.82, 2.24) is 0 Å². The third-order valence-electron chi connectivity index (χ3n) is 3.80. The molecule has 0 radical (unpaired) electrons. The Hall–Kier alpha value is -2.15. The van der Waals surface area contributed by atoms with E-state index in [1.54, 1.807) is 0 Å². The molecule has 0 bridgehead atoms. The maximum Gasteiger partial charge on any atom is 0.335 e. The van der Waals surface area contributed by atoms with E-state index in [2.05, 4.69) is 0 Å². The molecule has 0 unspecified atom stereocenters. The molecule has 1 fully saturated rings. The highest BCUT2D eigenvalue weighted by atomic mass is 16.6. The first-order valence-corrected chi connectivity index (χ1v) is 6.94. The standard InChI is InChI=1S/C14H18N2O5/c17-8-2-7-15(11-3-1-4-11)13-9-10(14(18)19)5-6-12(13)16(20)21/h5-6,9,11,17H,1-4,7-8H2,(H,18,19). The summed E-state index contributed by atoms with van der Waals surface area (Å²) in [5, 5.41) is 29.3. The monoisotopic (exact) mass is 294 g/mol. The number of hydrogen-bond acceptors (Lipinski definition) is 5. The zero-order chi connectivity index (χ0) is 15.4. The molecule has 0 spiro atoms. The summed E-state index contributed by atoms with van der Waals surface area (Å²) >= 11 is 0. The van der Waals surface area contributed by atoms with Gasteiger partial charge in [0, 0.05) is 25.3 Å². The molecule has 114 valence electrons. The SMILES string of the molecule is O=C(O)c1ccc([N+](=O)[O-])c(N(CCCO)C2CCC2)c1. The van der Waals surface area contributed by atoms with Crippen molar-refractivity contribution in [1.29, 1.82) is 0 Å². The molecule has 0 aromatic heterocycles. The number of carboxylic acids is 1. The molecule has 1 saturated carbocycles. The zero-order valence-corrected chi connectivity index (χ0v) is 11.6. The quantitative estimate of drug-likeness (QED) is 0.589. The Bertz CT molecular complexity index is 542. The summed E-state index contributed by atoms with van der Waals surface area (Å²) in [5.41, 5.74) is 0.270. The number of hydrogen-bond donors (Lipinski definition) is 2. The summed E-state index contributed by atoms with van der Waals surface area (Å²) in [7, 11) is 0. The zero-order valence-electron chi connectivity index (χ0n) is 11.6. The highest BCUT2D eigenvalue weighted by Crippen LogP contribution is 2.36. The number of carbonyl (C=O) groups is 1. The topological polar surface area (TPSA) is 104 Å². The minimum Gasteiger partial charge on any atom is -0.478 e. The van der Waals surface area contributed by atoms with Gasteiger partial charge in [-0.3, -0.25) is 10.1 Å². The minimum absolute atomic E-state index is 0.00433. The van der Waals surface area contributed by atoms with Gasteiger partial charge in [0.05, 0.1) is 10.5 Å². The van der Waals surface area contributed by atoms with Gasteiger partial charge in [-0.15, -0.1) is 0 Å². The fourth-order valence-corrected chi connectivity index (χ4v) is 2.48. The number of nitro benzene ring substituents is 1. The Morgan fingerprint density at radius 1 is 1.43 bits per heavy atom. The molecule has 0 aliphatic heterocycles. The van der Waals surface area contributed by atoms with Gasteiger partial charge >= 0.3 is 5.97 Å². The molecule has 2 rings (SSSR count). The van der Waals surface area contributed by atoms with Crippen molar-refractivity contribution in [2.75, 3.05) is 18.1 Å². The van der Waals surface area contributed by atoms with Crippen LogP contribution in [0, 0.1) is 10.1 Å². The predicted octanol–water partition coefficient (Wildman–Crippen LogP) is 2.03. The van der Waals surface area contributed by atoms with E-state index in [1.165, 1.54) is 18.2 Å². The van der Waals surface area contributed by atoms with Crippen LogP contribution in [-0.2, 0) is 0 Å². The first kappa shape index (κ1) is 15.2. The number of aliphatic hydroxyl groups is 1. The van der Waals surface area contributed by atoms with Gasteiger partial charge in [-0.2, -0.15) is 0 Å². The molecule has 2 N–H and O–H groups in total. The Kier molecular flexibility index (Phi) is 4.74. The second-order valence-electron chi connectivity index (χ2n) is 5.12. The molecule has 1 aromatic carbocycles. The molecule has 21 heavy (non-hydrogen) atoms. The number of nitro groups is 1. The summed E-state index contributed by atoms with van der Waals surface area (Å²) in [6, 6.07) is 4.02. The summed E-state index contributed by atoms with van der Waals surface area (Å²) < 4.78 is 0. The minimum atomic E-state index is -1.11.